The van der Waals surface area contributed by atoms with Gasteiger partial charge in [-0.05, 0) is 24.0 Å². The van der Waals surface area contributed by atoms with E-state index >= 15 is 0 Å². The Morgan fingerprint density at radius 1 is 0.941 bits per heavy atom. The smallest absolute Gasteiger partial charge is 0.326 e. The molecule has 13 heteroatoms. The minimum Gasteiger partial charge on any atom is -0.480 e. The van der Waals surface area contributed by atoms with Crippen LogP contribution in [0.1, 0.15) is 18.4 Å². The van der Waals surface area contributed by atoms with Crippen molar-refractivity contribution in [1.82, 2.24) is 16.0 Å². The lowest BCUT2D eigenvalue weighted by Crippen LogP contribution is -2.58. The second-order valence-electron chi connectivity index (χ2n) is 7.45. The highest BCUT2D eigenvalue weighted by Crippen LogP contribution is 2.05. The zero-order valence-corrected chi connectivity index (χ0v) is 19.5. The van der Waals surface area contributed by atoms with Crippen LogP contribution in [0.3, 0.4) is 0 Å². The van der Waals surface area contributed by atoms with E-state index in [0.717, 1.165) is 0 Å². The Bertz CT molecular complexity index is 855. The highest BCUT2D eigenvalue weighted by atomic mass is 32.2. The first-order valence-corrected chi connectivity index (χ1v) is 11.8. The van der Waals surface area contributed by atoms with Crippen LogP contribution < -0.4 is 27.4 Å². The summed E-state index contributed by atoms with van der Waals surface area (Å²) in [6, 6.07) is 3.34. The van der Waals surface area contributed by atoms with Gasteiger partial charge in [-0.25, -0.2) is 4.79 Å². The summed E-state index contributed by atoms with van der Waals surface area (Å²) in [6.07, 6.45) is 1.57. The Morgan fingerprint density at radius 3 is 2.03 bits per heavy atom. The normalized spacial score (nSPS) is 14.2. The summed E-state index contributed by atoms with van der Waals surface area (Å²) in [5, 5.41) is 25.8. The Kier molecular flexibility index (Phi) is 12.6. The number of nitrogens with two attached hydrogens (primary N) is 2. The summed E-state index contributed by atoms with van der Waals surface area (Å²) in [7, 11) is 0. The molecule has 0 spiro atoms. The molecule has 1 aromatic carbocycles. The number of hydrogen-bond acceptors (Lipinski definition) is 8. The summed E-state index contributed by atoms with van der Waals surface area (Å²) < 4.78 is 0. The predicted molar refractivity (Wildman–Crippen MR) is 125 cm³/mol. The molecule has 0 radical (unpaired) electrons. The fourth-order valence-corrected chi connectivity index (χ4v) is 3.34. The van der Waals surface area contributed by atoms with E-state index < -0.39 is 66.8 Å². The largest absolute Gasteiger partial charge is 0.480 e. The standard InChI is InChI=1S/C21H31N5O7S/c1-34-8-7-13(22)18(29)24-14(10-17(23)28)19(30)26-16(11-27)20(31)25-15(21(32)33)9-12-5-3-2-4-6-12/h2-6,13-16,27H,7-11,22H2,1H3,(H2,23,28)(H,24,29)(H,25,31)(H,26,30)(H,32,33). The van der Waals surface area contributed by atoms with Gasteiger partial charge in [-0.3, -0.25) is 19.2 Å². The highest BCUT2D eigenvalue weighted by Gasteiger charge is 2.30. The van der Waals surface area contributed by atoms with Crippen LogP contribution in [0.15, 0.2) is 30.3 Å². The van der Waals surface area contributed by atoms with E-state index in [1.807, 2.05) is 6.26 Å². The van der Waals surface area contributed by atoms with Crippen LogP contribution in [0.25, 0.3) is 0 Å². The molecule has 0 aliphatic heterocycles. The van der Waals surface area contributed by atoms with Gasteiger partial charge in [0, 0.05) is 6.42 Å². The molecular weight excluding hydrogens is 466 g/mol. The molecule has 0 bridgehead atoms. The third-order valence-electron chi connectivity index (χ3n) is 4.72. The maximum atomic E-state index is 12.6. The van der Waals surface area contributed by atoms with Gasteiger partial charge in [-0.2, -0.15) is 11.8 Å². The van der Waals surface area contributed by atoms with Gasteiger partial charge in [0.25, 0.3) is 0 Å². The molecule has 0 saturated carbocycles. The Labute approximate surface area is 201 Å². The minimum absolute atomic E-state index is 0.0255. The molecule has 9 N–H and O–H groups in total. The summed E-state index contributed by atoms with van der Waals surface area (Å²) in [4.78, 5) is 60.4. The number of carbonyl (C=O) groups is 5. The Hall–Kier alpha value is -3.16. The second kappa shape index (κ2) is 14.9. The SMILES string of the molecule is CSCCC(N)C(=O)NC(CC(N)=O)C(=O)NC(CO)C(=O)NC(Cc1ccccc1)C(=O)O. The fourth-order valence-electron chi connectivity index (χ4n) is 2.85. The number of nitrogens with one attached hydrogen (secondary N) is 3. The maximum Gasteiger partial charge on any atom is 0.326 e. The lowest BCUT2D eigenvalue weighted by molar-refractivity contribution is -0.142. The van der Waals surface area contributed by atoms with Crippen molar-refractivity contribution in [2.45, 2.75) is 43.4 Å². The number of carbonyl (C=O) groups excluding carboxylic acids is 4. The summed E-state index contributed by atoms with van der Waals surface area (Å²) >= 11 is 1.48. The maximum absolute atomic E-state index is 12.6. The molecule has 0 aromatic heterocycles. The molecule has 0 saturated heterocycles. The monoisotopic (exact) mass is 497 g/mol. The number of aliphatic hydroxyl groups is 1. The van der Waals surface area contributed by atoms with Crippen LogP contribution >= 0.6 is 11.8 Å². The number of rotatable bonds is 15. The van der Waals surface area contributed by atoms with Gasteiger partial charge < -0.3 is 37.6 Å². The molecule has 4 atom stereocenters. The molecule has 12 nitrogen and oxygen atoms in total. The number of amides is 4. The zero-order chi connectivity index (χ0) is 25.7. The number of primary amides is 1. The molecule has 0 heterocycles. The topological polar surface area (TPSA) is 214 Å². The molecule has 0 fully saturated rings. The van der Waals surface area contributed by atoms with E-state index in [1.165, 1.54) is 11.8 Å². The first-order chi connectivity index (χ1) is 16.1. The van der Waals surface area contributed by atoms with Gasteiger partial charge in [-0.15, -0.1) is 0 Å². The molecule has 188 valence electrons. The third kappa shape index (κ3) is 10.2. The van der Waals surface area contributed by atoms with Crippen LogP contribution in [0, 0.1) is 0 Å². The zero-order valence-electron chi connectivity index (χ0n) is 18.7. The number of carboxylic acids is 1. The quantitative estimate of drug-likeness (QED) is 0.139. The third-order valence-corrected chi connectivity index (χ3v) is 5.36. The molecule has 34 heavy (non-hydrogen) atoms. The number of aliphatic hydroxyl groups excluding tert-OH is 1. The average Bonchev–Trinajstić information content (AvgIpc) is 2.79. The number of aliphatic carboxylic acids is 1. The molecule has 4 amide bonds. The summed E-state index contributed by atoms with van der Waals surface area (Å²) in [6.45, 7) is -0.861. The van der Waals surface area contributed by atoms with E-state index in [2.05, 4.69) is 16.0 Å². The van der Waals surface area contributed by atoms with Gasteiger partial charge in [-0.1, -0.05) is 30.3 Å². The van der Waals surface area contributed by atoms with Gasteiger partial charge in [0.1, 0.15) is 18.1 Å². The van der Waals surface area contributed by atoms with Crippen molar-refractivity contribution < 1.29 is 34.2 Å². The van der Waals surface area contributed by atoms with E-state index in [4.69, 9.17) is 11.5 Å². The molecule has 1 rings (SSSR count). The fraction of sp³-hybridized carbons (Fsp3) is 0.476. The van der Waals surface area contributed by atoms with Crippen LogP contribution in [-0.4, -0.2) is 82.6 Å². The van der Waals surface area contributed by atoms with Crippen molar-refractivity contribution in [3.05, 3.63) is 35.9 Å². The minimum atomic E-state index is -1.54. The average molecular weight is 498 g/mol. The van der Waals surface area contributed by atoms with Crippen LogP contribution in [-0.2, 0) is 30.4 Å². The first kappa shape index (κ1) is 28.9. The Balaban J connectivity index is 2.85. The van der Waals surface area contributed by atoms with Crippen molar-refractivity contribution in [3.63, 3.8) is 0 Å². The van der Waals surface area contributed by atoms with E-state index in [0.29, 0.717) is 17.7 Å². The number of carboxylic acid groups (broad SMARTS) is 1. The molecule has 4 unspecified atom stereocenters. The molecule has 1 aromatic rings. The highest BCUT2D eigenvalue weighted by molar-refractivity contribution is 7.98. The Morgan fingerprint density at radius 2 is 1.50 bits per heavy atom. The van der Waals surface area contributed by atoms with Gasteiger partial charge in [0.05, 0.1) is 19.1 Å². The van der Waals surface area contributed by atoms with Crippen molar-refractivity contribution in [3.8, 4) is 0 Å². The second-order valence-corrected chi connectivity index (χ2v) is 8.44. The molecular formula is C21H31N5O7S. The van der Waals surface area contributed by atoms with Crippen LogP contribution in [0.2, 0.25) is 0 Å². The van der Waals surface area contributed by atoms with Crippen molar-refractivity contribution >= 4 is 41.4 Å². The van der Waals surface area contributed by atoms with Crippen LogP contribution in [0.4, 0.5) is 0 Å². The number of hydrogen-bond donors (Lipinski definition) is 7. The summed E-state index contributed by atoms with van der Waals surface area (Å²) in [5.74, 6) is -4.21. The van der Waals surface area contributed by atoms with Gasteiger partial charge in [0.15, 0.2) is 0 Å². The van der Waals surface area contributed by atoms with E-state index in [-0.39, 0.29) is 6.42 Å². The lowest BCUT2D eigenvalue weighted by Gasteiger charge is -2.24. The van der Waals surface area contributed by atoms with Crippen LogP contribution in [0.5, 0.6) is 0 Å². The summed E-state index contributed by atoms with van der Waals surface area (Å²) in [5.41, 5.74) is 11.6. The van der Waals surface area contributed by atoms with Gasteiger partial charge in [0.2, 0.25) is 23.6 Å². The number of benzene rings is 1. The van der Waals surface area contributed by atoms with E-state index in [9.17, 15) is 34.2 Å². The van der Waals surface area contributed by atoms with Crippen molar-refractivity contribution in [2.75, 3.05) is 18.6 Å². The predicted octanol–water partition coefficient (Wildman–Crippen LogP) is -2.28. The lowest BCUT2D eigenvalue weighted by atomic mass is 10.1. The molecule has 0 aliphatic rings. The molecule has 0 aliphatic carbocycles. The van der Waals surface area contributed by atoms with Gasteiger partial charge >= 0.3 is 5.97 Å². The van der Waals surface area contributed by atoms with E-state index in [1.54, 1.807) is 30.3 Å². The first-order valence-electron chi connectivity index (χ1n) is 10.4. The van der Waals surface area contributed by atoms with Crippen molar-refractivity contribution in [2.24, 2.45) is 11.5 Å². The number of thioether (sulfide) groups is 1. The van der Waals surface area contributed by atoms with Crippen molar-refractivity contribution in [1.29, 1.82) is 0 Å².